The molecule has 0 bridgehead atoms. The number of carbonyl (C=O) groups is 2. The van der Waals surface area contributed by atoms with E-state index in [1.165, 1.54) is 0 Å². The van der Waals surface area contributed by atoms with Crippen molar-refractivity contribution in [2.75, 3.05) is 26.7 Å². The van der Waals surface area contributed by atoms with Gasteiger partial charge in [0.25, 0.3) is 0 Å². The fourth-order valence-electron chi connectivity index (χ4n) is 2.53. The molecule has 21 heavy (non-hydrogen) atoms. The Hall–Kier alpha value is -1.20. The number of likely N-dealkylation sites (tertiary alicyclic amines) is 1. The molecule has 0 saturated carbocycles. The molecule has 0 atom stereocenters. The zero-order valence-electron chi connectivity index (χ0n) is 12.3. The highest BCUT2D eigenvalue weighted by Gasteiger charge is 2.21. The third-order valence-corrected chi connectivity index (χ3v) is 4.75. The first kappa shape index (κ1) is 16.2. The molecule has 1 saturated heterocycles. The summed E-state index contributed by atoms with van der Waals surface area (Å²) in [6.07, 6.45) is 2.77. The Morgan fingerprint density at radius 2 is 2.05 bits per heavy atom. The number of benzene rings is 1. The molecule has 0 unspecified atom stereocenters. The lowest BCUT2D eigenvalue weighted by Gasteiger charge is -2.30. The van der Waals surface area contributed by atoms with E-state index in [-0.39, 0.29) is 11.8 Å². The Labute approximate surface area is 134 Å². The van der Waals surface area contributed by atoms with Crippen molar-refractivity contribution in [1.29, 1.82) is 0 Å². The first-order chi connectivity index (χ1) is 10.1. The van der Waals surface area contributed by atoms with Crippen LogP contribution >= 0.6 is 15.9 Å². The van der Waals surface area contributed by atoms with Crippen LogP contribution in [0.4, 0.5) is 0 Å². The number of likely N-dealkylation sites (N-methyl/N-ethyl adjacent to an activating group) is 1. The van der Waals surface area contributed by atoms with Crippen molar-refractivity contribution in [2.24, 2.45) is 5.92 Å². The lowest BCUT2D eigenvalue weighted by Crippen LogP contribution is -2.42. The van der Waals surface area contributed by atoms with Crippen LogP contribution in [0.2, 0.25) is 0 Å². The van der Waals surface area contributed by atoms with Crippen molar-refractivity contribution in [3.05, 3.63) is 34.3 Å². The smallest absolute Gasteiger partial charge is 0.236 e. The monoisotopic (exact) mass is 352 g/mol. The molecular weight excluding hydrogens is 332 g/mol. The third-order valence-electron chi connectivity index (χ3n) is 3.97. The van der Waals surface area contributed by atoms with Crippen molar-refractivity contribution < 1.29 is 9.59 Å². The molecule has 1 fully saturated rings. The van der Waals surface area contributed by atoms with Crippen LogP contribution < -0.4 is 0 Å². The maximum atomic E-state index is 12.3. The van der Waals surface area contributed by atoms with E-state index in [1.807, 2.05) is 31.3 Å². The van der Waals surface area contributed by atoms with Crippen LogP contribution in [0.3, 0.4) is 0 Å². The summed E-state index contributed by atoms with van der Waals surface area (Å²) in [6.45, 7) is 2.70. The molecule has 1 aromatic rings. The number of amides is 1. The summed E-state index contributed by atoms with van der Waals surface area (Å²) in [5.74, 6) is 0.296. The average molecular weight is 353 g/mol. The summed E-state index contributed by atoms with van der Waals surface area (Å²) in [5, 5.41) is 0. The van der Waals surface area contributed by atoms with Crippen molar-refractivity contribution in [3.63, 3.8) is 0 Å². The van der Waals surface area contributed by atoms with Crippen LogP contribution in [0.5, 0.6) is 0 Å². The molecule has 2 rings (SSSR count). The Kier molecular flexibility index (Phi) is 5.94. The molecule has 0 aromatic heterocycles. The Morgan fingerprint density at radius 3 is 2.67 bits per heavy atom. The summed E-state index contributed by atoms with van der Waals surface area (Å²) in [4.78, 5) is 26.9. The summed E-state index contributed by atoms with van der Waals surface area (Å²) in [6, 6.07) is 7.94. The lowest BCUT2D eigenvalue weighted by molar-refractivity contribution is -0.132. The minimum Gasteiger partial charge on any atom is -0.340 e. The molecule has 1 aliphatic heterocycles. The highest BCUT2D eigenvalue weighted by Crippen LogP contribution is 2.18. The molecule has 1 heterocycles. The van der Waals surface area contributed by atoms with Crippen molar-refractivity contribution in [1.82, 2.24) is 9.80 Å². The van der Waals surface area contributed by atoms with E-state index in [4.69, 9.17) is 0 Å². The zero-order chi connectivity index (χ0) is 15.2. The Bertz CT molecular complexity index is 499. The third kappa shape index (κ3) is 4.64. The van der Waals surface area contributed by atoms with E-state index in [1.54, 1.807) is 4.90 Å². The van der Waals surface area contributed by atoms with Crippen molar-refractivity contribution in [3.8, 4) is 0 Å². The number of carbonyl (C=O) groups excluding carboxylic acids is 2. The molecule has 4 nitrogen and oxygen atoms in total. The van der Waals surface area contributed by atoms with Gasteiger partial charge in [0.1, 0.15) is 6.29 Å². The highest BCUT2D eigenvalue weighted by atomic mass is 79.9. The van der Waals surface area contributed by atoms with Crippen LogP contribution in [0.25, 0.3) is 0 Å². The second-order valence-electron chi connectivity index (χ2n) is 5.59. The predicted octanol–water partition coefficient (Wildman–Crippen LogP) is 2.32. The Morgan fingerprint density at radius 1 is 1.38 bits per heavy atom. The van der Waals surface area contributed by atoms with Gasteiger partial charge in [0, 0.05) is 24.0 Å². The van der Waals surface area contributed by atoms with Gasteiger partial charge in [-0.25, -0.2) is 0 Å². The summed E-state index contributed by atoms with van der Waals surface area (Å²) in [7, 11) is 1.83. The van der Waals surface area contributed by atoms with Crippen LogP contribution in [-0.2, 0) is 16.1 Å². The normalized spacial score (nSPS) is 16.7. The second-order valence-corrected chi connectivity index (χ2v) is 6.45. The number of halogens is 1. The van der Waals surface area contributed by atoms with Gasteiger partial charge in [-0.2, -0.15) is 0 Å². The second kappa shape index (κ2) is 7.71. The van der Waals surface area contributed by atoms with Gasteiger partial charge in [0.2, 0.25) is 5.91 Å². The van der Waals surface area contributed by atoms with Crippen LogP contribution in [-0.4, -0.2) is 48.7 Å². The molecule has 1 aromatic carbocycles. The zero-order valence-corrected chi connectivity index (χ0v) is 13.9. The van der Waals surface area contributed by atoms with Gasteiger partial charge in [-0.15, -0.1) is 0 Å². The largest absolute Gasteiger partial charge is 0.340 e. The van der Waals surface area contributed by atoms with E-state index >= 15 is 0 Å². The van der Waals surface area contributed by atoms with Gasteiger partial charge < -0.3 is 9.69 Å². The summed E-state index contributed by atoms with van der Waals surface area (Å²) in [5.41, 5.74) is 1.10. The van der Waals surface area contributed by atoms with E-state index in [0.717, 1.165) is 42.3 Å². The quantitative estimate of drug-likeness (QED) is 0.763. The van der Waals surface area contributed by atoms with E-state index < -0.39 is 0 Å². The van der Waals surface area contributed by atoms with E-state index in [9.17, 15) is 9.59 Å². The number of hydrogen-bond donors (Lipinski definition) is 0. The number of piperidine rings is 1. The number of hydrogen-bond acceptors (Lipinski definition) is 3. The van der Waals surface area contributed by atoms with Gasteiger partial charge in [-0.1, -0.05) is 34.1 Å². The average Bonchev–Trinajstić information content (AvgIpc) is 2.50. The highest BCUT2D eigenvalue weighted by molar-refractivity contribution is 9.10. The minimum absolute atomic E-state index is 0.121. The first-order valence-corrected chi connectivity index (χ1v) is 8.04. The molecular formula is C16H21BrN2O2. The number of rotatable bonds is 5. The number of aldehydes is 1. The minimum atomic E-state index is 0.121. The van der Waals surface area contributed by atoms with Gasteiger partial charge in [-0.3, -0.25) is 9.69 Å². The van der Waals surface area contributed by atoms with E-state index in [2.05, 4.69) is 20.8 Å². The fraction of sp³-hybridized carbons (Fsp3) is 0.500. The summed E-state index contributed by atoms with van der Waals surface area (Å²) >= 11 is 3.51. The Balaban J connectivity index is 1.83. The van der Waals surface area contributed by atoms with E-state index in [0.29, 0.717) is 13.1 Å². The lowest BCUT2D eigenvalue weighted by atomic mass is 9.99. The van der Waals surface area contributed by atoms with Gasteiger partial charge in [0.15, 0.2) is 0 Å². The molecule has 5 heteroatoms. The molecule has 0 radical (unpaired) electrons. The fourth-order valence-corrected chi connectivity index (χ4v) is 2.94. The van der Waals surface area contributed by atoms with Gasteiger partial charge in [-0.05, 0) is 37.6 Å². The van der Waals surface area contributed by atoms with Crippen molar-refractivity contribution >= 4 is 28.1 Å². The standard InChI is InChI=1S/C16H21BrN2O2/c1-18(10-14-4-2-3-5-15(14)17)16(21)11-19-8-6-13(12-20)7-9-19/h2-5,12-13H,6-11H2,1H3. The predicted molar refractivity (Wildman–Crippen MR) is 85.8 cm³/mol. The number of nitrogens with zero attached hydrogens (tertiary/aromatic N) is 2. The maximum absolute atomic E-state index is 12.3. The van der Waals surface area contributed by atoms with Crippen LogP contribution in [0, 0.1) is 5.92 Å². The summed E-state index contributed by atoms with van der Waals surface area (Å²) < 4.78 is 1.02. The molecule has 1 amide bonds. The van der Waals surface area contributed by atoms with Gasteiger partial charge >= 0.3 is 0 Å². The van der Waals surface area contributed by atoms with Gasteiger partial charge in [0.05, 0.1) is 6.54 Å². The van der Waals surface area contributed by atoms with Crippen LogP contribution in [0.1, 0.15) is 18.4 Å². The topological polar surface area (TPSA) is 40.6 Å². The molecule has 1 aliphatic rings. The van der Waals surface area contributed by atoms with Crippen LogP contribution in [0.15, 0.2) is 28.7 Å². The first-order valence-electron chi connectivity index (χ1n) is 7.25. The molecule has 0 aliphatic carbocycles. The maximum Gasteiger partial charge on any atom is 0.236 e. The molecule has 0 spiro atoms. The molecule has 0 N–H and O–H groups in total. The SMILES string of the molecule is CN(Cc1ccccc1Br)C(=O)CN1CCC(C=O)CC1. The molecule has 114 valence electrons. The van der Waals surface area contributed by atoms with Crippen molar-refractivity contribution in [2.45, 2.75) is 19.4 Å².